The van der Waals surface area contributed by atoms with Crippen molar-refractivity contribution in [3.63, 3.8) is 0 Å². The summed E-state index contributed by atoms with van der Waals surface area (Å²) in [5.74, 6) is -1.24. The van der Waals surface area contributed by atoms with Gasteiger partial charge in [-0.05, 0) is 61.2 Å². The van der Waals surface area contributed by atoms with E-state index in [0.29, 0.717) is 29.6 Å². The molecule has 3 aliphatic heterocycles. The topological polar surface area (TPSA) is 88.9 Å². The molecule has 4 heterocycles. The van der Waals surface area contributed by atoms with Crippen molar-refractivity contribution in [2.24, 2.45) is 5.92 Å². The molecule has 3 aliphatic rings. The number of ether oxygens (including phenoxy) is 1. The predicted octanol–water partition coefficient (Wildman–Crippen LogP) is 4.49. The van der Waals surface area contributed by atoms with Crippen LogP contribution < -0.4 is 14.5 Å². The van der Waals surface area contributed by atoms with Crippen LogP contribution in [0, 0.1) is 5.92 Å². The number of rotatable bonds is 5. The molecule has 3 aromatic rings. The van der Waals surface area contributed by atoms with E-state index in [1.807, 2.05) is 29.2 Å². The van der Waals surface area contributed by atoms with E-state index < -0.39 is 17.1 Å². The van der Waals surface area contributed by atoms with Crippen LogP contribution in [0.1, 0.15) is 35.6 Å². The van der Waals surface area contributed by atoms with Gasteiger partial charge < -0.3 is 9.64 Å². The number of thiazole rings is 1. The van der Waals surface area contributed by atoms with Crippen LogP contribution in [-0.2, 0) is 20.9 Å². The van der Waals surface area contributed by atoms with Crippen molar-refractivity contribution < 1.29 is 19.1 Å². The molecule has 0 saturated carbocycles. The molecule has 202 valence electrons. The zero-order valence-electron chi connectivity index (χ0n) is 21.2. The number of carbonyl (C=O) groups is 3. The molecule has 0 N–H and O–H groups in total. The normalized spacial score (nSPS) is 22.6. The maximum absolute atomic E-state index is 14.0. The number of fused-ring (bicyclic) bond motifs is 2. The Morgan fingerprint density at radius 2 is 1.67 bits per heavy atom. The maximum atomic E-state index is 14.0. The number of carbonyl (C=O) groups excluding carboxylic acids is 3. The van der Waals surface area contributed by atoms with Crippen LogP contribution >= 0.6 is 39.0 Å². The molecule has 0 spiro atoms. The zero-order chi connectivity index (χ0) is 27.3. The predicted molar refractivity (Wildman–Crippen MR) is 154 cm³/mol. The number of piperidine rings is 1. The molecule has 0 aliphatic carbocycles. The molecule has 6 rings (SSSR count). The van der Waals surface area contributed by atoms with Crippen molar-refractivity contribution in [1.82, 2.24) is 9.47 Å². The van der Waals surface area contributed by atoms with E-state index >= 15 is 0 Å². The minimum absolute atomic E-state index is 0.0631. The van der Waals surface area contributed by atoms with Crippen LogP contribution in [0.4, 0.5) is 5.69 Å². The van der Waals surface area contributed by atoms with Crippen molar-refractivity contribution >= 4 is 62.4 Å². The van der Waals surface area contributed by atoms with Gasteiger partial charge in [-0.15, -0.1) is 0 Å². The second-order valence-electron chi connectivity index (χ2n) is 9.87. The third kappa shape index (κ3) is 4.64. The molecule has 0 radical (unpaired) electrons. The van der Waals surface area contributed by atoms with Gasteiger partial charge in [-0.1, -0.05) is 51.2 Å². The summed E-state index contributed by atoms with van der Waals surface area (Å²) >= 11 is 5.79. The lowest BCUT2D eigenvalue weighted by Gasteiger charge is -2.31. The van der Waals surface area contributed by atoms with Gasteiger partial charge in [-0.2, -0.15) is 0 Å². The Morgan fingerprint density at radius 3 is 2.33 bits per heavy atom. The Labute approximate surface area is 242 Å². The smallest absolute Gasteiger partial charge is 0.308 e. The molecule has 2 fully saturated rings. The van der Waals surface area contributed by atoms with Gasteiger partial charge in [0.1, 0.15) is 17.5 Å². The van der Waals surface area contributed by atoms with Gasteiger partial charge in [0.15, 0.2) is 0 Å². The number of nitrogens with zero attached hydrogens (tertiary/aromatic N) is 3. The van der Waals surface area contributed by atoms with E-state index in [4.69, 9.17) is 4.74 Å². The lowest BCUT2D eigenvalue weighted by Crippen LogP contribution is -2.39. The number of anilines is 1. The van der Waals surface area contributed by atoms with E-state index in [1.165, 1.54) is 21.2 Å². The monoisotopic (exact) mass is 627 g/mol. The molecular formula is C28H26BrN3O5S2. The summed E-state index contributed by atoms with van der Waals surface area (Å²) in [4.78, 5) is 57.8. The Balaban J connectivity index is 1.42. The van der Waals surface area contributed by atoms with Gasteiger partial charge >= 0.3 is 4.87 Å². The molecule has 0 unspecified atom stereocenters. The quantitative estimate of drug-likeness (QED) is 0.387. The van der Waals surface area contributed by atoms with Gasteiger partial charge in [0.2, 0.25) is 17.7 Å². The first-order valence-electron chi connectivity index (χ1n) is 12.8. The molecule has 3 atom stereocenters. The van der Waals surface area contributed by atoms with Crippen LogP contribution in [-0.4, -0.2) is 52.6 Å². The van der Waals surface area contributed by atoms with Crippen LogP contribution in [0.3, 0.4) is 0 Å². The summed E-state index contributed by atoms with van der Waals surface area (Å²) in [7, 11) is 1.56. The molecule has 11 heteroatoms. The average Bonchev–Trinajstić information content (AvgIpc) is 3.40. The van der Waals surface area contributed by atoms with Crippen LogP contribution in [0.25, 0.3) is 0 Å². The maximum Gasteiger partial charge on any atom is 0.308 e. The van der Waals surface area contributed by atoms with Crippen molar-refractivity contribution in [3.8, 4) is 5.75 Å². The van der Waals surface area contributed by atoms with Crippen molar-refractivity contribution in [3.05, 3.63) is 73.1 Å². The average molecular weight is 629 g/mol. The van der Waals surface area contributed by atoms with E-state index in [1.54, 1.807) is 31.4 Å². The number of methoxy groups -OCH3 is 1. The third-order valence-corrected chi connectivity index (χ3v) is 10.7. The molecule has 1 aromatic heterocycles. The SMILES string of the molecule is COc1ccc(N2C(=O)[C@H]3[C@H](c4ccc(Br)cc4)c4sc(=O)n(CC(=O)N5CCCCC5)c4S[C@H]3C2=O)cc1. The molecule has 0 bridgehead atoms. The van der Waals surface area contributed by atoms with Gasteiger partial charge in [0, 0.05) is 28.4 Å². The van der Waals surface area contributed by atoms with Gasteiger partial charge in [0.05, 0.1) is 23.7 Å². The fraction of sp³-hybridized carbons (Fsp3) is 0.357. The van der Waals surface area contributed by atoms with Gasteiger partial charge in [-0.25, -0.2) is 4.90 Å². The minimum Gasteiger partial charge on any atom is -0.497 e. The second-order valence-corrected chi connectivity index (χ2v) is 12.9. The lowest BCUT2D eigenvalue weighted by molar-refractivity contribution is -0.133. The second kappa shape index (κ2) is 10.6. The number of hydrogen-bond acceptors (Lipinski definition) is 7. The largest absolute Gasteiger partial charge is 0.497 e. The Hall–Kier alpha value is -2.89. The van der Waals surface area contributed by atoms with Gasteiger partial charge in [0.25, 0.3) is 0 Å². The van der Waals surface area contributed by atoms with Crippen molar-refractivity contribution in [2.75, 3.05) is 25.1 Å². The number of amides is 3. The Morgan fingerprint density at radius 1 is 0.974 bits per heavy atom. The summed E-state index contributed by atoms with van der Waals surface area (Å²) in [6, 6.07) is 14.5. The number of aromatic nitrogens is 1. The fourth-order valence-electron chi connectivity index (χ4n) is 5.65. The Kier molecular flexibility index (Phi) is 7.15. The third-order valence-electron chi connectivity index (χ3n) is 7.61. The van der Waals surface area contributed by atoms with E-state index in [9.17, 15) is 19.2 Å². The summed E-state index contributed by atoms with van der Waals surface area (Å²) in [5.41, 5.74) is 1.33. The highest BCUT2D eigenvalue weighted by Gasteiger charge is 2.56. The van der Waals surface area contributed by atoms with Crippen LogP contribution in [0.5, 0.6) is 5.75 Å². The minimum atomic E-state index is -0.717. The first-order chi connectivity index (χ1) is 18.9. The highest BCUT2D eigenvalue weighted by molar-refractivity contribution is 9.10. The number of imide groups is 1. The summed E-state index contributed by atoms with van der Waals surface area (Å²) in [5, 5.41) is -0.103. The summed E-state index contributed by atoms with van der Waals surface area (Å²) in [6.07, 6.45) is 3.03. The standard InChI is InChI=1S/C28H26BrN3O5S2/c1-37-19-11-9-18(10-12-19)32-25(34)22-21(16-5-7-17(29)8-6-16)24-27(38-23(22)26(32)35)31(28(36)39-24)15-20(33)30-13-3-2-4-14-30/h5-12,21-23H,2-4,13-15H2,1H3/t21-,22-,23+/m0/s1. The van der Waals surface area contributed by atoms with Crippen LogP contribution in [0.2, 0.25) is 0 Å². The highest BCUT2D eigenvalue weighted by Crippen LogP contribution is 2.54. The van der Waals surface area contributed by atoms with E-state index in [0.717, 1.165) is 45.5 Å². The number of hydrogen-bond donors (Lipinski definition) is 0. The molecule has 8 nitrogen and oxygen atoms in total. The number of thioether (sulfide) groups is 1. The number of benzene rings is 2. The first-order valence-corrected chi connectivity index (χ1v) is 15.3. The van der Waals surface area contributed by atoms with E-state index in [2.05, 4.69) is 15.9 Å². The summed E-state index contributed by atoms with van der Waals surface area (Å²) in [6.45, 7) is 1.33. The van der Waals surface area contributed by atoms with Crippen LogP contribution in [0.15, 0.2) is 62.8 Å². The number of likely N-dealkylation sites (tertiary alicyclic amines) is 1. The molecule has 3 amide bonds. The van der Waals surface area contributed by atoms with Crippen molar-refractivity contribution in [2.45, 2.75) is 42.0 Å². The molecular weight excluding hydrogens is 602 g/mol. The van der Waals surface area contributed by atoms with Gasteiger partial charge in [-0.3, -0.25) is 23.7 Å². The summed E-state index contributed by atoms with van der Waals surface area (Å²) < 4.78 is 7.64. The highest BCUT2D eigenvalue weighted by atomic mass is 79.9. The van der Waals surface area contributed by atoms with E-state index in [-0.39, 0.29) is 29.1 Å². The molecule has 2 saturated heterocycles. The molecule has 39 heavy (non-hydrogen) atoms. The number of halogens is 1. The Bertz CT molecular complexity index is 1490. The first kappa shape index (κ1) is 26.3. The molecule has 2 aromatic carbocycles. The fourth-order valence-corrected chi connectivity index (χ4v) is 8.69. The zero-order valence-corrected chi connectivity index (χ0v) is 24.4. The van der Waals surface area contributed by atoms with Crippen molar-refractivity contribution in [1.29, 1.82) is 0 Å². The lowest BCUT2D eigenvalue weighted by atomic mass is 9.83.